The van der Waals surface area contributed by atoms with E-state index in [0.717, 1.165) is 12.1 Å². The molecule has 110 valence electrons. The Bertz CT molecular complexity index is 492. The maximum atomic E-state index is 11.0. The molecule has 20 heavy (non-hydrogen) atoms. The summed E-state index contributed by atoms with van der Waals surface area (Å²) in [7, 11) is 0. The van der Waals surface area contributed by atoms with E-state index in [-0.39, 0.29) is 29.4 Å². The molecule has 6 heteroatoms. The summed E-state index contributed by atoms with van der Waals surface area (Å²) in [4.78, 5) is 12.8. The minimum absolute atomic E-state index is 0.00520. The van der Waals surface area contributed by atoms with E-state index in [1.807, 2.05) is 13.0 Å². The lowest BCUT2D eigenvalue weighted by Gasteiger charge is -2.36. The molecule has 2 rings (SSSR count). The van der Waals surface area contributed by atoms with E-state index < -0.39 is 0 Å². The molecule has 0 saturated carbocycles. The number of hydrogen-bond acceptors (Lipinski definition) is 5. The van der Waals surface area contributed by atoms with Crippen LogP contribution in [-0.2, 0) is 11.3 Å². The number of aliphatic hydroxyl groups is 1. The summed E-state index contributed by atoms with van der Waals surface area (Å²) in [5, 5.41) is 20.2. The predicted molar refractivity (Wildman–Crippen MR) is 74.5 cm³/mol. The molecular formula is C14H20N2O4. The fraction of sp³-hybridized carbons (Fsp3) is 0.571. The van der Waals surface area contributed by atoms with Crippen molar-refractivity contribution < 1.29 is 14.8 Å². The van der Waals surface area contributed by atoms with Gasteiger partial charge in [-0.3, -0.25) is 15.0 Å². The number of nitro groups is 1. The molecule has 0 amide bonds. The lowest BCUT2D eigenvalue weighted by Crippen LogP contribution is -2.47. The Labute approximate surface area is 118 Å². The number of hydrogen-bond donors (Lipinski definition) is 1. The Balaban J connectivity index is 2.13. The van der Waals surface area contributed by atoms with Gasteiger partial charge < -0.3 is 9.84 Å². The molecule has 0 aliphatic carbocycles. The number of ether oxygens (including phenoxy) is 1. The van der Waals surface area contributed by atoms with Crippen molar-refractivity contribution in [1.82, 2.24) is 4.90 Å². The second kappa shape index (κ2) is 6.30. The van der Waals surface area contributed by atoms with Gasteiger partial charge in [-0.2, -0.15) is 0 Å². The average molecular weight is 280 g/mol. The van der Waals surface area contributed by atoms with Gasteiger partial charge in [0.25, 0.3) is 5.69 Å². The molecule has 0 aromatic heterocycles. The van der Waals surface area contributed by atoms with Gasteiger partial charge in [-0.15, -0.1) is 0 Å². The molecule has 1 N–H and O–H groups in total. The highest BCUT2D eigenvalue weighted by molar-refractivity contribution is 5.44. The summed E-state index contributed by atoms with van der Waals surface area (Å²) in [5.41, 5.74) is 1.81. The number of nitrogens with zero attached hydrogens (tertiary/aromatic N) is 2. The second-order valence-corrected chi connectivity index (χ2v) is 5.26. The molecular weight excluding hydrogens is 260 g/mol. The maximum absolute atomic E-state index is 11.0. The SMILES string of the molecule is Cc1c(CN2CC(C)OC(CO)C2)cccc1[N+](=O)[O-]. The van der Waals surface area contributed by atoms with E-state index in [9.17, 15) is 15.2 Å². The summed E-state index contributed by atoms with van der Waals surface area (Å²) in [6, 6.07) is 5.15. The van der Waals surface area contributed by atoms with Gasteiger partial charge in [-0.25, -0.2) is 0 Å². The van der Waals surface area contributed by atoms with Gasteiger partial charge in [0.15, 0.2) is 0 Å². The fourth-order valence-electron chi connectivity index (χ4n) is 2.65. The predicted octanol–water partition coefficient (Wildman–Crippen LogP) is 1.48. The Morgan fingerprint density at radius 3 is 2.90 bits per heavy atom. The molecule has 2 atom stereocenters. The summed E-state index contributed by atoms with van der Waals surface area (Å²) in [5.74, 6) is 0. The standard InChI is InChI=1S/C14H20N2O4/c1-10-6-15(8-13(9-17)20-10)7-12-4-3-5-14(11(12)2)16(18)19/h3-5,10,13,17H,6-9H2,1-2H3. The smallest absolute Gasteiger partial charge is 0.272 e. The highest BCUT2D eigenvalue weighted by atomic mass is 16.6. The van der Waals surface area contributed by atoms with Crippen molar-refractivity contribution in [3.8, 4) is 0 Å². The van der Waals surface area contributed by atoms with Crippen molar-refractivity contribution in [1.29, 1.82) is 0 Å². The second-order valence-electron chi connectivity index (χ2n) is 5.26. The third-order valence-corrected chi connectivity index (χ3v) is 3.61. The van der Waals surface area contributed by atoms with Gasteiger partial charge in [0.1, 0.15) is 0 Å². The summed E-state index contributed by atoms with van der Waals surface area (Å²) in [6.07, 6.45) is -0.127. The highest BCUT2D eigenvalue weighted by Crippen LogP contribution is 2.23. The third-order valence-electron chi connectivity index (χ3n) is 3.61. The van der Waals surface area contributed by atoms with Gasteiger partial charge in [-0.05, 0) is 19.4 Å². The largest absolute Gasteiger partial charge is 0.394 e. The van der Waals surface area contributed by atoms with Crippen LogP contribution in [0.3, 0.4) is 0 Å². The first-order valence-corrected chi connectivity index (χ1v) is 6.72. The Hall–Kier alpha value is -1.50. The number of benzene rings is 1. The molecule has 1 fully saturated rings. The number of nitro benzene ring substituents is 1. The van der Waals surface area contributed by atoms with E-state index in [2.05, 4.69) is 4.90 Å². The normalized spacial score (nSPS) is 23.8. The van der Waals surface area contributed by atoms with Crippen LogP contribution in [0.1, 0.15) is 18.1 Å². The van der Waals surface area contributed by atoms with E-state index in [1.165, 1.54) is 6.07 Å². The van der Waals surface area contributed by atoms with Crippen LogP contribution in [0.4, 0.5) is 5.69 Å². The summed E-state index contributed by atoms with van der Waals surface area (Å²) >= 11 is 0. The molecule has 1 aliphatic rings. The van der Waals surface area contributed by atoms with Crippen molar-refractivity contribution in [2.24, 2.45) is 0 Å². The van der Waals surface area contributed by atoms with Gasteiger partial charge in [0.2, 0.25) is 0 Å². The third kappa shape index (κ3) is 3.33. The highest BCUT2D eigenvalue weighted by Gasteiger charge is 2.25. The molecule has 1 heterocycles. The zero-order valence-corrected chi connectivity index (χ0v) is 11.8. The quantitative estimate of drug-likeness (QED) is 0.668. The molecule has 0 bridgehead atoms. The molecule has 1 aromatic rings. The van der Waals surface area contributed by atoms with Crippen LogP contribution >= 0.6 is 0 Å². The van der Waals surface area contributed by atoms with Crippen LogP contribution < -0.4 is 0 Å². The van der Waals surface area contributed by atoms with Crippen LogP contribution in [-0.4, -0.2) is 46.8 Å². The first kappa shape index (κ1) is 14.9. The first-order chi connectivity index (χ1) is 9.51. The number of aliphatic hydroxyl groups excluding tert-OH is 1. The van der Waals surface area contributed by atoms with Gasteiger partial charge in [-0.1, -0.05) is 12.1 Å². The zero-order valence-electron chi connectivity index (χ0n) is 11.8. The monoisotopic (exact) mass is 280 g/mol. The van der Waals surface area contributed by atoms with Gasteiger partial charge in [0.05, 0.1) is 23.7 Å². The Morgan fingerprint density at radius 1 is 1.50 bits per heavy atom. The lowest BCUT2D eigenvalue weighted by molar-refractivity contribution is -0.385. The molecule has 1 aliphatic heterocycles. The molecule has 0 radical (unpaired) electrons. The molecule has 6 nitrogen and oxygen atoms in total. The van der Waals surface area contributed by atoms with Crippen molar-refractivity contribution in [2.45, 2.75) is 32.6 Å². The van der Waals surface area contributed by atoms with Gasteiger partial charge >= 0.3 is 0 Å². The molecule has 1 saturated heterocycles. The fourth-order valence-corrected chi connectivity index (χ4v) is 2.65. The zero-order chi connectivity index (χ0) is 14.7. The van der Waals surface area contributed by atoms with Crippen molar-refractivity contribution in [2.75, 3.05) is 19.7 Å². The van der Waals surface area contributed by atoms with Crippen LogP contribution in [0.5, 0.6) is 0 Å². The van der Waals surface area contributed by atoms with Crippen LogP contribution in [0.15, 0.2) is 18.2 Å². The number of rotatable bonds is 4. The van der Waals surface area contributed by atoms with Crippen LogP contribution in [0.2, 0.25) is 0 Å². The minimum atomic E-state index is -0.350. The first-order valence-electron chi connectivity index (χ1n) is 6.72. The Morgan fingerprint density at radius 2 is 2.25 bits per heavy atom. The molecule has 1 aromatic carbocycles. The molecule has 2 unspecified atom stereocenters. The van der Waals surface area contributed by atoms with E-state index in [1.54, 1.807) is 13.0 Å². The summed E-state index contributed by atoms with van der Waals surface area (Å²) in [6.45, 7) is 5.78. The topological polar surface area (TPSA) is 75.8 Å². The lowest BCUT2D eigenvalue weighted by atomic mass is 10.1. The Kier molecular flexibility index (Phi) is 4.69. The van der Waals surface area contributed by atoms with E-state index >= 15 is 0 Å². The average Bonchev–Trinajstić information content (AvgIpc) is 2.40. The van der Waals surface area contributed by atoms with Crippen molar-refractivity contribution in [3.05, 3.63) is 39.4 Å². The van der Waals surface area contributed by atoms with Crippen LogP contribution in [0, 0.1) is 17.0 Å². The van der Waals surface area contributed by atoms with Crippen molar-refractivity contribution in [3.63, 3.8) is 0 Å². The van der Waals surface area contributed by atoms with E-state index in [4.69, 9.17) is 4.74 Å². The van der Waals surface area contributed by atoms with Gasteiger partial charge in [0, 0.05) is 31.3 Å². The maximum Gasteiger partial charge on any atom is 0.272 e. The number of morpholine rings is 1. The van der Waals surface area contributed by atoms with Crippen LogP contribution in [0.25, 0.3) is 0 Å². The molecule has 0 spiro atoms. The minimum Gasteiger partial charge on any atom is -0.394 e. The summed E-state index contributed by atoms with van der Waals surface area (Å²) < 4.78 is 5.60. The van der Waals surface area contributed by atoms with Crippen molar-refractivity contribution >= 4 is 5.69 Å². The van der Waals surface area contributed by atoms with E-state index in [0.29, 0.717) is 18.7 Å².